The minimum atomic E-state index is -0.715. The summed E-state index contributed by atoms with van der Waals surface area (Å²) in [6, 6.07) is 11.7. The van der Waals surface area contributed by atoms with Gasteiger partial charge in [-0.1, -0.05) is 25.1 Å². The number of aryl methyl sites for hydroxylation is 1. The average Bonchev–Trinajstić information content (AvgIpc) is 2.98. The zero-order chi connectivity index (χ0) is 21.1. The molecule has 0 saturated carbocycles. The molecule has 6 nitrogen and oxygen atoms in total. The number of para-hydroxylation sites is 1. The second-order valence-corrected chi connectivity index (χ2v) is 6.92. The van der Waals surface area contributed by atoms with E-state index in [2.05, 4.69) is 0 Å². The highest BCUT2D eigenvalue weighted by Crippen LogP contribution is 2.43. The Kier molecular flexibility index (Phi) is 5.92. The first-order valence-corrected chi connectivity index (χ1v) is 9.50. The number of aliphatic hydroxyl groups is 1. The van der Waals surface area contributed by atoms with Crippen molar-refractivity contribution in [1.82, 2.24) is 4.90 Å². The van der Waals surface area contributed by atoms with Gasteiger partial charge in [0.1, 0.15) is 17.3 Å². The maximum absolute atomic E-state index is 12.9. The highest BCUT2D eigenvalue weighted by Gasteiger charge is 2.46. The second-order valence-electron chi connectivity index (χ2n) is 6.92. The molecule has 0 aliphatic carbocycles. The lowest BCUT2D eigenvalue weighted by molar-refractivity contribution is -0.139. The van der Waals surface area contributed by atoms with E-state index in [1.165, 1.54) is 4.90 Å². The van der Waals surface area contributed by atoms with E-state index in [1.807, 2.05) is 32.0 Å². The smallest absolute Gasteiger partial charge is 0.295 e. The number of carbonyl (C=O) groups is 2. The van der Waals surface area contributed by atoms with Gasteiger partial charge in [0.15, 0.2) is 0 Å². The molecule has 1 N–H and O–H groups in total. The molecule has 1 aliphatic rings. The van der Waals surface area contributed by atoms with E-state index < -0.39 is 17.7 Å². The molecule has 1 amide bonds. The van der Waals surface area contributed by atoms with E-state index in [0.717, 1.165) is 5.56 Å². The third-order valence-electron chi connectivity index (χ3n) is 5.13. The zero-order valence-electron chi connectivity index (χ0n) is 17.1. The maximum Gasteiger partial charge on any atom is 0.295 e. The number of rotatable bonds is 6. The standard InChI is InChI=1S/C23H25NO5/c1-5-12-24-20(17-8-6-7-9-18(17)29-4)19(22(26)23(24)27)21(25)16-11-10-15(28-3)13-14(16)2/h6-11,13,20,25H,5,12H2,1-4H3/b21-19+. The van der Waals surface area contributed by atoms with Gasteiger partial charge in [-0.2, -0.15) is 0 Å². The minimum absolute atomic E-state index is 0.0706. The van der Waals surface area contributed by atoms with Crippen LogP contribution in [0.3, 0.4) is 0 Å². The monoisotopic (exact) mass is 395 g/mol. The molecule has 0 aromatic heterocycles. The zero-order valence-corrected chi connectivity index (χ0v) is 17.1. The second kappa shape index (κ2) is 8.39. The van der Waals surface area contributed by atoms with Crippen LogP contribution < -0.4 is 9.47 Å². The van der Waals surface area contributed by atoms with Crippen LogP contribution in [0.25, 0.3) is 5.76 Å². The first-order valence-electron chi connectivity index (χ1n) is 9.50. The number of likely N-dealkylation sites (tertiary alicyclic amines) is 1. The van der Waals surface area contributed by atoms with Crippen LogP contribution in [0.1, 0.15) is 36.1 Å². The molecule has 0 spiro atoms. The van der Waals surface area contributed by atoms with Gasteiger partial charge in [0.25, 0.3) is 11.7 Å². The fraction of sp³-hybridized carbons (Fsp3) is 0.304. The average molecular weight is 395 g/mol. The van der Waals surface area contributed by atoms with Crippen molar-refractivity contribution in [2.45, 2.75) is 26.3 Å². The molecule has 1 unspecified atom stereocenters. The number of amides is 1. The summed E-state index contributed by atoms with van der Waals surface area (Å²) >= 11 is 0. The van der Waals surface area contributed by atoms with Crippen molar-refractivity contribution >= 4 is 17.4 Å². The van der Waals surface area contributed by atoms with Gasteiger partial charge in [-0.15, -0.1) is 0 Å². The summed E-state index contributed by atoms with van der Waals surface area (Å²) in [6.45, 7) is 4.15. The molecule has 0 bridgehead atoms. The maximum atomic E-state index is 12.9. The van der Waals surface area contributed by atoms with E-state index in [1.54, 1.807) is 38.5 Å². The molecule has 1 heterocycles. The Bertz CT molecular complexity index is 979. The Balaban J connectivity index is 2.24. The van der Waals surface area contributed by atoms with Crippen LogP contribution in [-0.4, -0.2) is 42.5 Å². The molecule has 3 rings (SSSR count). The summed E-state index contributed by atoms with van der Waals surface area (Å²) < 4.78 is 10.7. The third kappa shape index (κ3) is 3.58. The van der Waals surface area contributed by atoms with Crippen LogP contribution in [0.4, 0.5) is 0 Å². The summed E-state index contributed by atoms with van der Waals surface area (Å²) in [6.07, 6.45) is 0.681. The third-order valence-corrected chi connectivity index (χ3v) is 5.13. The lowest BCUT2D eigenvalue weighted by atomic mass is 9.93. The number of ketones is 1. The molecule has 6 heteroatoms. The van der Waals surface area contributed by atoms with Gasteiger partial charge in [-0.05, 0) is 43.2 Å². The van der Waals surface area contributed by atoms with Crippen molar-refractivity contribution in [1.29, 1.82) is 0 Å². The van der Waals surface area contributed by atoms with Crippen LogP contribution in [0.15, 0.2) is 48.0 Å². The highest BCUT2D eigenvalue weighted by atomic mass is 16.5. The van der Waals surface area contributed by atoms with Gasteiger partial charge in [-0.25, -0.2) is 0 Å². The van der Waals surface area contributed by atoms with E-state index in [4.69, 9.17) is 9.47 Å². The number of nitrogens with zero attached hydrogens (tertiary/aromatic N) is 1. The largest absolute Gasteiger partial charge is 0.507 e. The van der Waals surface area contributed by atoms with Crippen LogP contribution in [0.5, 0.6) is 11.5 Å². The Morgan fingerprint density at radius 3 is 2.45 bits per heavy atom. The highest BCUT2D eigenvalue weighted by molar-refractivity contribution is 6.46. The fourth-order valence-corrected chi connectivity index (χ4v) is 3.74. The van der Waals surface area contributed by atoms with Crippen LogP contribution in [-0.2, 0) is 9.59 Å². The molecule has 2 aromatic carbocycles. The Labute approximate surface area is 170 Å². The quantitative estimate of drug-likeness (QED) is 0.457. The first-order chi connectivity index (χ1) is 13.9. The summed E-state index contributed by atoms with van der Waals surface area (Å²) in [5.74, 6) is -0.305. The molecule has 1 aliphatic heterocycles. The number of ether oxygens (including phenoxy) is 2. The Morgan fingerprint density at radius 1 is 1.10 bits per heavy atom. The van der Waals surface area contributed by atoms with Crippen molar-refractivity contribution in [3.05, 3.63) is 64.7 Å². The van der Waals surface area contributed by atoms with Gasteiger partial charge in [-0.3, -0.25) is 9.59 Å². The van der Waals surface area contributed by atoms with Crippen molar-refractivity contribution in [2.75, 3.05) is 20.8 Å². The molecule has 1 fully saturated rings. The van der Waals surface area contributed by atoms with Gasteiger partial charge < -0.3 is 19.5 Å². The predicted octanol–water partition coefficient (Wildman–Crippen LogP) is 3.84. The fourth-order valence-electron chi connectivity index (χ4n) is 3.74. The van der Waals surface area contributed by atoms with Gasteiger partial charge in [0.2, 0.25) is 0 Å². The predicted molar refractivity (Wildman–Crippen MR) is 110 cm³/mol. The lowest BCUT2D eigenvalue weighted by Gasteiger charge is -2.26. The molecular weight excluding hydrogens is 370 g/mol. The van der Waals surface area contributed by atoms with Gasteiger partial charge >= 0.3 is 0 Å². The summed E-state index contributed by atoms with van der Waals surface area (Å²) in [5, 5.41) is 11.1. The van der Waals surface area contributed by atoms with Crippen LogP contribution >= 0.6 is 0 Å². The van der Waals surface area contributed by atoms with Crippen molar-refractivity contribution in [2.24, 2.45) is 0 Å². The van der Waals surface area contributed by atoms with Gasteiger partial charge in [0.05, 0.1) is 25.8 Å². The number of carbonyl (C=O) groups excluding carboxylic acids is 2. The van der Waals surface area contributed by atoms with Crippen molar-refractivity contribution < 1.29 is 24.2 Å². The molecular formula is C23H25NO5. The summed E-state index contributed by atoms with van der Waals surface area (Å²) in [5.41, 5.74) is 1.96. The van der Waals surface area contributed by atoms with Crippen LogP contribution in [0.2, 0.25) is 0 Å². The Hall–Kier alpha value is -3.28. The van der Waals surface area contributed by atoms with Gasteiger partial charge in [0, 0.05) is 17.7 Å². The van der Waals surface area contributed by atoms with E-state index in [0.29, 0.717) is 35.6 Å². The SMILES string of the molecule is CCCN1C(=O)C(=O)/C(=C(/O)c2ccc(OC)cc2C)C1c1ccccc1OC. The normalized spacial score (nSPS) is 18.2. The molecule has 1 saturated heterocycles. The number of benzene rings is 2. The topological polar surface area (TPSA) is 76.1 Å². The summed E-state index contributed by atoms with van der Waals surface area (Å²) in [7, 11) is 3.10. The molecule has 2 aromatic rings. The number of hydrogen-bond acceptors (Lipinski definition) is 5. The number of aliphatic hydroxyl groups excluding tert-OH is 1. The first kappa shape index (κ1) is 20.5. The molecule has 29 heavy (non-hydrogen) atoms. The number of Topliss-reactive ketones (excluding diaryl/α,β-unsaturated/α-hetero) is 1. The molecule has 152 valence electrons. The van der Waals surface area contributed by atoms with Crippen LogP contribution in [0, 0.1) is 6.92 Å². The molecule has 1 atom stereocenters. The van der Waals surface area contributed by atoms with Crippen molar-refractivity contribution in [3.8, 4) is 11.5 Å². The van der Waals surface area contributed by atoms with E-state index >= 15 is 0 Å². The lowest BCUT2D eigenvalue weighted by Crippen LogP contribution is -2.30. The number of hydrogen-bond donors (Lipinski definition) is 1. The summed E-state index contributed by atoms with van der Waals surface area (Å²) in [4.78, 5) is 27.2. The van der Waals surface area contributed by atoms with Crippen molar-refractivity contribution in [3.63, 3.8) is 0 Å². The van der Waals surface area contributed by atoms with E-state index in [-0.39, 0.29) is 11.3 Å². The minimum Gasteiger partial charge on any atom is -0.507 e. The Morgan fingerprint density at radius 2 is 1.83 bits per heavy atom. The molecule has 0 radical (unpaired) electrons. The van der Waals surface area contributed by atoms with E-state index in [9.17, 15) is 14.7 Å². The number of methoxy groups -OCH3 is 2.